The van der Waals surface area contributed by atoms with Crippen LogP contribution >= 0.6 is 0 Å². The van der Waals surface area contributed by atoms with Crippen molar-refractivity contribution in [2.75, 3.05) is 19.8 Å². The smallest absolute Gasteiger partial charge is 0.422 e. The minimum atomic E-state index is -4.49. The lowest BCUT2D eigenvalue weighted by molar-refractivity contribution is -0.160. The Bertz CT molecular complexity index is 239. The van der Waals surface area contributed by atoms with Crippen LogP contribution in [0.15, 0.2) is 0 Å². The second kappa shape index (κ2) is 5.38. The Morgan fingerprint density at radius 1 is 1.62 bits per heavy atom. The van der Waals surface area contributed by atoms with Gasteiger partial charge in [-0.25, -0.2) is 4.79 Å². The Morgan fingerprint density at radius 3 is 2.81 bits per heavy atom. The van der Waals surface area contributed by atoms with Gasteiger partial charge in [0.15, 0.2) is 6.61 Å². The van der Waals surface area contributed by atoms with Gasteiger partial charge in [-0.3, -0.25) is 0 Å². The fourth-order valence-corrected chi connectivity index (χ4v) is 1.44. The summed E-state index contributed by atoms with van der Waals surface area (Å²) in [5, 5.41) is 2.35. The molecule has 0 spiro atoms. The van der Waals surface area contributed by atoms with Gasteiger partial charge in [-0.05, 0) is 13.3 Å². The summed E-state index contributed by atoms with van der Waals surface area (Å²) in [4.78, 5) is 11.0. The third-order valence-corrected chi connectivity index (χ3v) is 2.38. The summed E-state index contributed by atoms with van der Waals surface area (Å²) in [5.74, 6) is 0.137. The number of alkyl halides is 3. The molecule has 7 heteroatoms. The second-order valence-corrected chi connectivity index (χ2v) is 3.75. The first-order chi connectivity index (χ1) is 7.38. The van der Waals surface area contributed by atoms with Crippen molar-refractivity contribution in [1.82, 2.24) is 5.32 Å². The number of halogens is 3. The van der Waals surface area contributed by atoms with Crippen LogP contribution in [0, 0.1) is 5.92 Å². The highest BCUT2D eigenvalue weighted by Gasteiger charge is 2.30. The largest absolute Gasteiger partial charge is 0.440 e. The highest BCUT2D eigenvalue weighted by molar-refractivity contribution is 5.67. The van der Waals surface area contributed by atoms with E-state index in [2.05, 4.69) is 10.1 Å². The van der Waals surface area contributed by atoms with Gasteiger partial charge in [0.2, 0.25) is 0 Å². The van der Waals surface area contributed by atoms with E-state index < -0.39 is 18.9 Å². The summed E-state index contributed by atoms with van der Waals surface area (Å²) >= 11 is 0. The van der Waals surface area contributed by atoms with Gasteiger partial charge in [-0.15, -0.1) is 0 Å². The van der Waals surface area contributed by atoms with Crippen molar-refractivity contribution in [3.8, 4) is 0 Å². The van der Waals surface area contributed by atoms with Crippen molar-refractivity contribution >= 4 is 6.09 Å². The van der Waals surface area contributed by atoms with Crippen LogP contribution in [0.4, 0.5) is 18.0 Å². The highest BCUT2D eigenvalue weighted by atomic mass is 19.4. The molecule has 94 valence electrons. The minimum Gasteiger partial charge on any atom is -0.440 e. The van der Waals surface area contributed by atoms with Crippen molar-refractivity contribution in [3.63, 3.8) is 0 Å². The predicted octanol–water partition coefficient (Wildman–Crippen LogP) is 1.70. The van der Waals surface area contributed by atoms with Crippen LogP contribution < -0.4 is 5.32 Å². The highest BCUT2D eigenvalue weighted by Crippen LogP contribution is 2.17. The maximum atomic E-state index is 11.7. The molecule has 4 nitrogen and oxygen atoms in total. The summed E-state index contributed by atoms with van der Waals surface area (Å²) in [6, 6.07) is -0.247. The molecule has 1 amide bonds. The van der Waals surface area contributed by atoms with E-state index in [1.54, 1.807) is 6.92 Å². The van der Waals surface area contributed by atoms with E-state index in [0.29, 0.717) is 13.2 Å². The summed E-state index contributed by atoms with van der Waals surface area (Å²) in [6.45, 7) is 1.29. The van der Waals surface area contributed by atoms with Gasteiger partial charge in [0.1, 0.15) is 0 Å². The van der Waals surface area contributed by atoms with Crippen LogP contribution in [0.3, 0.4) is 0 Å². The third kappa shape index (κ3) is 4.69. The van der Waals surface area contributed by atoms with E-state index in [1.807, 2.05) is 0 Å². The number of carbonyl (C=O) groups is 1. The molecule has 1 saturated heterocycles. The van der Waals surface area contributed by atoms with Crippen LogP contribution in [0.1, 0.15) is 13.3 Å². The molecule has 2 unspecified atom stereocenters. The van der Waals surface area contributed by atoms with Crippen molar-refractivity contribution < 1.29 is 27.4 Å². The lowest BCUT2D eigenvalue weighted by Crippen LogP contribution is -2.39. The van der Waals surface area contributed by atoms with Gasteiger partial charge < -0.3 is 14.8 Å². The summed E-state index contributed by atoms with van der Waals surface area (Å²) < 4.78 is 44.3. The molecule has 2 atom stereocenters. The van der Waals surface area contributed by atoms with Crippen LogP contribution in [0.5, 0.6) is 0 Å². The Kier molecular flexibility index (Phi) is 4.40. The molecule has 1 fully saturated rings. The Balaban J connectivity index is 2.22. The zero-order valence-electron chi connectivity index (χ0n) is 8.84. The van der Waals surface area contributed by atoms with E-state index in [4.69, 9.17) is 4.74 Å². The Hall–Kier alpha value is -0.980. The lowest BCUT2D eigenvalue weighted by Gasteiger charge is -2.19. The molecule has 16 heavy (non-hydrogen) atoms. The van der Waals surface area contributed by atoms with Crippen LogP contribution in [0.25, 0.3) is 0 Å². The predicted molar refractivity (Wildman–Crippen MR) is 48.9 cm³/mol. The lowest BCUT2D eigenvalue weighted by atomic mass is 10.0. The first-order valence-corrected chi connectivity index (χ1v) is 4.96. The van der Waals surface area contributed by atoms with Gasteiger partial charge in [0, 0.05) is 18.6 Å². The van der Waals surface area contributed by atoms with Crippen molar-refractivity contribution in [2.45, 2.75) is 25.6 Å². The fraction of sp³-hybridized carbons (Fsp3) is 0.889. The van der Waals surface area contributed by atoms with Crippen LogP contribution in [0.2, 0.25) is 0 Å². The molecule has 0 aliphatic carbocycles. The summed E-state index contributed by atoms with van der Waals surface area (Å²) in [7, 11) is 0. The molecule has 1 aliphatic rings. The van der Waals surface area contributed by atoms with E-state index >= 15 is 0 Å². The number of carbonyl (C=O) groups excluding carboxylic acids is 1. The molecule has 0 aromatic rings. The quantitative estimate of drug-likeness (QED) is 0.818. The maximum absolute atomic E-state index is 11.7. The SMILES string of the molecule is CC(NC(=O)OCC(F)(F)F)C1CCOC1. The van der Waals surface area contributed by atoms with E-state index in [-0.39, 0.29) is 12.0 Å². The summed E-state index contributed by atoms with van der Waals surface area (Å²) in [5.41, 5.74) is 0. The average Bonchev–Trinajstić information content (AvgIpc) is 2.66. The van der Waals surface area contributed by atoms with Crippen LogP contribution in [-0.2, 0) is 9.47 Å². The molecular weight excluding hydrogens is 227 g/mol. The number of nitrogens with one attached hydrogen (secondary N) is 1. The van der Waals surface area contributed by atoms with Gasteiger partial charge in [0.25, 0.3) is 0 Å². The molecule has 0 aromatic carbocycles. The molecule has 1 heterocycles. The van der Waals surface area contributed by atoms with Crippen molar-refractivity contribution in [1.29, 1.82) is 0 Å². The maximum Gasteiger partial charge on any atom is 0.422 e. The molecule has 0 radical (unpaired) electrons. The number of alkyl carbamates (subject to hydrolysis) is 1. The van der Waals surface area contributed by atoms with Crippen LogP contribution in [-0.4, -0.2) is 38.1 Å². The van der Waals surface area contributed by atoms with Crippen molar-refractivity contribution in [3.05, 3.63) is 0 Å². The normalized spacial score (nSPS) is 22.9. The molecular formula is C9H14F3NO3. The standard InChI is InChI=1S/C9H14F3NO3/c1-6(7-2-3-15-4-7)13-8(14)16-5-9(10,11)12/h6-7H,2-5H2,1H3,(H,13,14). The topological polar surface area (TPSA) is 47.6 Å². The average molecular weight is 241 g/mol. The molecule has 1 N–H and O–H groups in total. The third-order valence-electron chi connectivity index (χ3n) is 2.38. The number of ether oxygens (including phenoxy) is 2. The molecule has 0 saturated carbocycles. The first-order valence-electron chi connectivity index (χ1n) is 4.96. The van der Waals surface area contributed by atoms with Gasteiger partial charge in [-0.2, -0.15) is 13.2 Å². The Morgan fingerprint density at radius 2 is 2.31 bits per heavy atom. The van der Waals surface area contributed by atoms with E-state index in [1.165, 1.54) is 0 Å². The molecule has 0 aromatic heterocycles. The minimum absolute atomic E-state index is 0.137. The number of hydrogen-bond donors (Lipinski definition) is 1. The molecule has 1 rings (SSSR count). The van der Waals surface area contributed by atoms with Gasteiger partial charge >= 0.3 is 12.3 Å². The van der Waals surface area contributed by atoms with Gasteiger partial charge in [0.05, 0.1) is 6.61 Å². The summed E-state index contributed by atoms with van der Waals surface area (Å²) in [6.07, 6.45) is -4.74. The fourth-order valence-electron chi connectivity index (χ4n) is 1.44. The monoisotopic (exact) mass is 241 g/mol. The number of rotatable bonds is 3. The van der Waals surface area contributed by atoms with E-state index in [9.17, 15) is 18.0 Å². The number of amides is 1. The zero-order valence-corrected chi connectivity index (χ0v) is 8.84. The number of hydrogen-bond acceptors (Lipinski definition) is 3. The second-order valence-electron chi connectivity index (χ2n) is 3.75. The van der Waals surface area contributed by atoms with E-state index in [0.717, 1.165) is 6.42 Å². The molecule has 0 bridgehead atoms. The Labute approximate surface area is 91.1 Å². The molecule has 1 aliphatic heterocycles. The first kappa shape index (κ1) is 13.1. The zero-order chi connectivity index (χ0) is 12.2. The van der Waals surface area contributed by atoms with Gasteiger partial charge in [-0.1, -0.05) is 0 Å². The van der Waals surface area contributed by atoms with Crippen molar-refractivity contribution in [2.24, 2.45) is 5.92 Å².